The highest BCUT2D eigenvalue weighted by Gasteiger charge is 2.22. The maximum absolute atomic E-state index is 12.5. The summed E-state index contributed by atoms with van der Waals surface area (Å²) in [6.45, 7) is 4.23. The SMILES string of the molecule is CC(C)NC(=O)c1ccc(Cl)c(NC(=O)CCC(=O)N2CCC(c3ccccc3)=N2)c1. The first-order chi connectivity index (χ1) is 14.8. The molecule has 31 heavy (non-hydrogen) atoms. The van der Waals surface area contributed by atoms with Crippen LogP contribution < -0.4 is 10.6 Å². The number of carbonyl (C=O) groups excluding carboxylic acids is 3. The molecule has 0 unspecified atom stereocenters. The van der Waals surface area contributed by atoms with Gasteiger partial charge in [0.25, 0.3) is 5.91 Å². The average Bonchev–Trinajstić information content (AvgIpc) is 3.24. The lowest BCUT2D eigenvalue weighted by Gasteiger charge is -2.13. The van der Waals surface area contributed by atoms with Crippen molar-refractivity contribution in [3.63, 3.8) is 0 Å². The van der Waals surface area contributed by atoms with Crippen molar-refractivity contribution in [1.82, 2.24) is 10.3 Å². The van der Waals surface area contributed by atoms with E-state index in [1.54, 1.807) is 12.1 Å². The lowest BCUT2D eigenvalue weighted by atomic mass is 10.1. The summed E-state index contributed by atoms with van der Waals surface area (Å²) in [7, 11) is 0. The van der Waals surface area contributed by atoms with Crippen molar-refractivity contribution in [2.75, 3.05) is 11.9 Å². The van der Waals surface area contributed by atoms with E-state index < -0.39 is 0 Å². The van der Waals surface area contributed by atoms with Crippen LogP contribution in [0.5, 0.6) is 0 Å². The minimum absolute atomic E-state index is 0.00965. The molecule has 0 radical (unpaired) electrons. The lowest BCUT2D eigenvalue weighted by Crippen LogP contribution is -2.30. The van der Waals surface area contributed by atoms with Crippen LogP contribution in [0.4, 0.5) is 5.69 Å². The Bertz CT molecular complexity index is 1010. The topological polar surface area (TPSA) is 90.9 Å². The number of nitrogens with zero attached hydrogens (tertiary/aromatic N) is 2. The maximum Gasteiger partial charge on any atom is 0.251 e. The Morgan fingerprint density at radius 3 is 2.55 bits per heavy atom. The van der Waals surface area contributed by atoms with Gasteiger partial charge in [0.2, 0.25) is 11.8 Å². The van der Waals surface area contributed by atoms with Crippen LogP contribution in [0.2, 0.25) is 5.02 Å². The summed E-state index contributed by atoms with van der Waals surface area (Å²) in [6.07, 6.45) is 0.704. The molecule has 7 nitrogen and oxygen atoms in total. The Morgan fingerprint density at radius 2 is 1.84 bits per heavy atom. The van der Waals surface area contributed by atoms with Crippen LogP contribution in [0.25, 0.3) is 0 Å². The molecule has 1 aliphatic heterocycles. The van der Waals surface area contributed by atoms with E-state index in [2.05, 4.69) is 15.7 Å². The molecular weight excluding hydrogens is 416 g/mol. The smallest absolute Gasteiger partial charge is 0.251 e. The minimum Gasteiger partial charge on any atom is -0.350 e. The molecule has 0 atom stereocenters. The molecule has 0 saturated carbocycles. The van der Waals surface area contributed by atoms with E-state index >= 15 is 0 Å². The fourth-order valence-corrected chi connectivity index (χ4v) is 3.31. The lowest BCUT2D eigenvalue weighted by molar-refractivity contribution is -0.132. The van der Waals surface area contributed by atoms with Gasteiger partial charge in [-0.25, -0.2) is 5.01 Å². The molecule has 8 heteroatoms. The molecule has 162 valence electrons. The number of anilines is 1. The quantitative estimate of drug-likeness (QED) is 0.685. The molecule has 2 N–H and O–H groups in total. The van der Waals surface area contributed by atoms with Gasteiger partial charge in [-0.2, -0.15) is 5.10 Å². The Kier molecular flexibility index (Phi) is 7.41. The Balaban J connectivity index is 1.55. The van der Waals surface area contributed by atoms with Gasteiger partial charge in [-0.3, -0.25) is 14.4 Å². The van der Waals surface area contributed by atoms with Gasteiger partial charge >= 0.3 is 0 Å². The molecule has 1 aliphatic rings. The second-order valence-electron chi connectivity index (χ2n) is 7.55. The van der Waals surface area contributed by atoms with Gasteiger partial charge in [-0.15, -0.1) is 0 Å². The Morgan fingerprint density at radius 1 is 1.10 bits per heavy atom. The molecule has 0 aliphatic carbocycles. The van der Waals surface area contributed by atoms with Crippen LogP contribution in [-0.4, -0.2) is 41.0 Å². The molecule has 0 aromatic heterocycles. The summed E-state index contributed by atoms with van der Waals surface area (Å²) in [5, 5.41) is 11.6. The molecule has 1 heterocycles. The van der Waals surface area contributed by atoms with E-state index in [4.69, 9.17) is 11.6 Å². The zero-order valence-corrected chi connectivity index (χ0v) is 18.3. The highest BCUT2D eigenvalue weighted by atomic mass is 35.5. The van der Waals surface area contributed by atoms with Gasteiger partial charge in [0, 0.05) is 30.9 Å². The van der Waals surface area contributed by atoms with Crippen LogP contribution >= 0.6 is 11.6 Å². The highest BCUT2D eigenvalue weighted by molar-refractivity contribution is 6.33. The van der Waals surface area contributed by atoms with E-state index in [0.717, 1.165) is 11.3 Å². The average molecular weight is 441 g/mol. The monoisotopic (exact) mass is 440 g/mol. The van der Waals surface area contributed by atoms with Crippen LogP contribution in [0.15, 0.2) is 53.6 Å². The predicted molar refractivity (Wildman–Crippen MR) is 121 cm³/mol. The van der Waals surface area contributed by atoms with Crippen molar-refractivity contribution in [2.45, 2.75) is 39.2 Å². The van der Waals surface area contributed by atoms with Gasteiger partial charge in [0.15, 0.2) is 0 Å². The summed E-state index contributed by atoms with van der Waals surface area (Å²) >= 11 is 6.15. The maximum atomic E-state index is 12.5. The van der Waals surface area contributed by atoms with Crippen molar-refractivity contribution in [1.29, 1.82) is 0 Å². The number of halogens is 1. The number of nitrogens with one attached hydrogen (secondary N) is 2. The Hall–Kier alpha value is -3.19. The standard InChI is InChI=1S/C23H25ClN4O3/c1-15(2)25-23(31)17-8-9-18(24)20(14-17)26-21(29)10-11-22(30)28-13-12-19(27-28)16-6-4-3-5-7-16/h3-9,14-15H,10-13H2,1-2H3,(H,25,31)(H,26,29). The number of hydrogen-bond donors (Lipinski definition) is 2. The fraction of sp³-hybridized carbons (Fsp3) is 0.304. The number of benzene rings is 2. The number of hydrazone groups is 1. The second-order valence-corrected chi connectivity index (χ2v) is 7.96. The van der Waals surface area contributed by atoms with Gasteiger partial charge in [-0.1, -0.05) is 41.9 Å². The van der Waals surface area contributed by atoms with Gasteiger partial charge < -0.3 is 10.6 Å². The summed E-state index contributed by atoms with van der Waals surface area (Å²) in [5.74, 6) is -0.821. The number of rotatable bonds is 7. The minimum atomic E-state index is -0.358. The third kappa shape index (κ3) is 6.15. The molecule has 2 aromatic rings. The van der Waals surface area contributed by atoms with Gasteiger partial charge in [0.05, 0.1) is 23.0 Å². The first kappa shape index (κ1) is 22.5. The van der Waals surface area contributed by atoms with Crippen molar-refractivity contribution < 1.29 is 14.4 Å². The van der Waals surface area contributed by atoms with Crippen LogP contribution in [-0.2, 0) is 9.59 Å². The Labute approximate surface area is 186 Å². The highest BCUT2D eigenvalue weighted by Crippen LogP contribution is 2.24. The molecule has 0 spiro atoms. The van der Waals surface area contributed by atoms with Crippen molar-refractivity contribution in [3.8, 4) is 0 Å². The first-order valence-electron chi connectivity index (χ1n) is 10.2. The van der Waals surface area contributed by atoms with Gasteiger partial charge in [0.1, 0.15) is 0 Å². The molecular formula is C23H25ClN4O3. The second kappa shape index (κ2) is 10.2. The fourth-order valence-electron chi connectivity index (χ4n) is 3.14. The van der Waals surface area contributed by atoms with Crippen LogP contribution in [0.1, 0.15) is 49.0 Å². The van der Waals surface area contributed by atoms with Crippen molar-refractivity contribution in [3.05, 3.63) is 64.7 Å². The van der Waals surface area contributed by atoms with E-state index in [9.17, 15) is 14.4 Å². The molecule has 0 fully saturated rings. The summed E-state index contributed by atoms with van der Waals surface area (Å²) in [6, 6.07) is 14.4. The molecule has 2 aromatic carbocycles. The number of amides is 3. The third-order valence-corrected chi connectivity index (χ3v) is 5.01. The number of carbonyl (C=O) groups is 3. The van der Waals surface area contributed by atoms with E-state index in [1.807, 2.05) is 44.2 Å². The van der Waals surface area contributed by atoms with E-state index in [0.29, 0.717) is 29.2 Å². The molecule has 0 bridgehead atoms. The number of hydrogen-bond acceptors (Lipinski definition) is 4. The zero-order valence-electron chi connectivity index (χ0n) is 17.5. The molecule has 3 rings (SSSR count). The first-order valence-corrected chi connectivity index (χ1v) is 10.5. The predicted octanol–water partition coefficient (Wildman–Crippen LogP) is 3.83. The van der Waals surface area contributed by atoms with Crippen molar-refractivity contribution in [2.24, 2.45) is 5.10 Å². The van der Waals surface area contributed by atoms with E-state index in [1.165, 1.54) is 11.1 Å². The van der Waals surface area contributed by atoms with Crippen LogP contribution in [0, 0.1) is 0 Å². The normalized spacial score (nSPS) is 13.2. The molecule has 0 saturated heterocycles. The largest absolute Gasteiger partial charge is 0.350 e. The van der Waals surface area contributed by atoms with Gasteiger partial charge in [-0.05, 0) is 37.6 Å². The summed E-state index contributed by atoms with van der Waals surface area (Å²) in [5.41, 5.74) is 2.58. The summed E-state index contributed by atoms with van der Waals surface area (Å²) in [4.78, 5) is 37.0. The van der Waals surface area contributed by atoms with Crippen LogP contribution in [0.3, 0.4) is 0 Å². The van der Waals surface area contributed by atoms with Crippen molar-refractivity contribution >= 4 is 40.7 Å². The summed E-state index contributed by atoms with van der Waals surface area (Å²) < 4.78 is 0. The molecule has 3 amide bonds. The third-order valence-electron chi connectivity index (χ3n) is 4.69. The zero-order chi connectivity index (χ0) is 22.4. The van der Waals surface area contributed by atoms with E-state index in [-0.39, 0.29) is 36.6 Å².